The van der Waals surface area contributed by atoms with Crippen molar-refractivity contribution < 1.29 is 18.3 Å². The van der Waals surface area contributed by atoms with E-state index in [1.807, 2.05) is 0 Å². The van der Waals surface area contributed by atoms with Gasteiger partial charge in [0.15, 0.2) is 0 Å². The van der Waals surface area contributed by atoms with Gasteiger partial charge in [0.25, 0.3) is 0 Å². The molecule has 0 saturated carbocycles. The summed E-state index contributed by atoms with van der Waals surface area (Å²) in [5, 5.41) is 9.11. The van der Waals surface area contributed by atoms with Crippen LogP contribution in [0, 0.1) is 5.41 Å². The largest absolute Gasteiger partial charge is 0.495 e. The number of aliphatic hydroxyl groups excluding tert-OH is 1. The van der Waals surface area contributed by atoms with E-state index in [2.05, 4.69) is 4.72 Å². The Morgan fingerprint density at radius 3 is 2.58 bits per heavy atom. The van der Waals surface area contributed by atoms with Crippen LogP contribution in [0.2, 0.25) is 0 Å². The third-order valence-corrected chi connectivity index (χ3v) is 4.08. The van der Waals surface area contributed by atoms with Gasteiger partial charge in [-0.1, -0.05) is 13.8 Å². The number of anilines is 1. The topological polar surface area (TPSA) is 102 Å². The molecule has 0 aliphatic carbocycles. The van der Waals surface area contributed by atoms with Gasteiger partial charge < -0.3 is 15.6 Å². The van der Waals surface area contributed by atoms with Gasteiger partial charge in [0.05, 0.1) is 17.7 Å². The lowest BCUT2D eigenvalue weighted by atomic mass is 9.96. The number of methoxy groups -OCH3 is 1. The Kier molecular flexibility index (Phi) is 4.78. The lowest BCUT2D eigenvalue weighted by Gasteiger charge is -2.21. The van der Waals surface area contributed by atoms with E-state index in [-0.39, 0.29) is 18.0 Å². The van der Waals surface area contributed by atoms with Crippen molar-refractivity contribution in [2.45, 2.75) is 18.7 Å². The van der Waals surface area contributed by atoms with Gasteiger partial charge in [-0.15, -0.1) is 0 Å². The zero-order valence-corrected chi connectivity index (χ0v) is 12.1. The van der Waals surface area contributed by atoms with Crippen molar-refractivity contribution in [3.8, 4) is 5.75 Å². The second-order valence-electron chi connectivity index (χ2n) is 5.05. The number of aliphatic hydroxyl groups is 1. The molecule has 0 amide bonds. The molecule has 1 aromatic carbocycles. The summed E-state index contributed by atoms with van der Waals surface area (Å²) in [6.07, 6.45) is 0. The Labute approximate surface area is 113 Å². The van der Waals surface area contributed by atoms with Crippen LogP contribution in [0.5, 0.6) is 5.75 Å². The fraction of sp³-hybridized carbons (Fsp3) is 0.500. The average molecular weight is 288 g/mol. The molecule has 6 nitrogen and oxygen atoms in total. The van der Waals surface area contributed by atoms with Crippen LogP contribution >= 0.6 is 0 Å². The van der Waals surface area contributed by atoms with Crippen LogP contribution < -0.4 is 15.2 Å². The molecule has 0 aliphatic heterocycles. The first kappa shape index (κ1) is 15.7. The van der Waals surface area contributed by atoms with Crippen LogP contribution in [0.3, 0.4) is 0 Å². The van der Waals surface area contributed by atoms with Crippen molar-refractivity contribution in [1.29, 1.82) is 0 Å². The molecule has 0 aromatic heterocycles. The van der Waals surface area contributed by atoms with Gasteiger partial charge in [0, 0.05) is 24.6 Å². The van der Waals surface area contributed by atoms with E-state index in [4.69, 9.17) is 15.6 Å². The third kappa shape index (κ3) is 4.09. The minimum Gasteiger partial charge on any atom is -0.495 e. The molecule has 0 heterocycles. The fourth-order valence-corrected chi connectivity index (χ4v) is 2.55. The Morgan fingerprint density at radius 1 is 1.42 bits per heavy atom. The highest BCUT2D eigenvalue weighted by Gasteiger charge is 2.22. The highest BCUT2D eigenvalue weighted by molar-refractivity contribution is 7.89. The van der Waals surface area contributed by atoms with Crippen molar-refractivity contribution in [2.24, 2.45) is 5.41 Å². The smallest absolute Gasteiger partial charge is 0.240 e. The number of nitrogens with one attached hydrogen (secondary N) is 1. The van der Waals surface area contributed by atoms with E-state index in [0.717, 1.165) is 0 Å². The Bertz CT molecular complexity index is 541. The molecule has 0 fully saturated rings. The molecule has 0 spiro atoms. The van der Waals surface area contributed by atoms with Gasteiger partial charge in [0.2, 0.25) is 10.0 Å². The summed E-state index contributed by atoms with van der Waals surface area (Å²) in [5.74, 6) is 0.310. The van der Waals surface area contributed by atoms with E-state index in [1.54, 1.807) is 13.8 Å². The van der Waals surface area contributed by atoms with Crippen LogP contribution in [0.25, 0.3) is 0 Å². The second-order valence-corrected chi connectivity index (χ2v) is 6.82. The van der Waals surface area contributed by atoms with Gasteiger partial charge in [-0.3, -0.25) is 0 Å². The molecule has 0 unspecified atom stereocenters. The summed E-state index contributed by atoms with van der Waals surface area (Å²) >= 11 is 0. The second kappa shape index (κ2) is 5.77. The highest BCUT2D eigenvalue weighted by atomic mass is 32.2. The predicted octanol–water partition coefficient (Wildman–Crippen LogP) is 0.574. The number of hydrogen-bond acceptors (Lipinski definition) is 5. The zero-order valence-electron chi connectivity index (χ0n) is 11.3. The summed E-state index contributed by atoms with van der Waals surface area (Å²) < 4.78 is 31.6. The van der Waals surface area contributed by atoms with E-state index in [1.165, 1.54) is 25.3 Å². The molecule has 108 valence electrons. The van der Waals surface area contributed by atoms with Crippen molar-refractivity contribution in [3.63, 3.8) is 0 Å². The molecule has 1 aromatic rings. The first-order chi connectivity index (χ1) is 8.72. The number of hydrogen-bond donors (Lipinski definition) is 3. The van der Waals surface area contributed by atoms with E-state index >= 15 is 0 Å². The lowest BCUT2D eigenvalue weighted by Crippen LogP contribution is -2.36. The van der Waals surface area contributed by atoms with Crippen LogP contribution in [0.1, 0.15) is 13.8 Å². The van der Waals surface area contributed by atoms with Crippen molar-refractivity contribution >= 4 is 15.7 Å². The molecule has 0 bridgehead atoms. The number of benzene rings is 1. The summed E-state index contributed by atoms with van der Waals surface area (Å²) in [4.78, 5) is 0.0762. The zero-order chi connectivity index (χ0) is 14.7. The molecular formula is C12H20N2O4S. The SMILES string of the molecule is COc1cc(S(=O)(=O)NCC(C)(C)CO)ccc1N. The van der Waals surface area contributed by atoms with E-state index in [9.17, 15) is 8.42 Å². The number of nitrogens with two attached hydrogens (primary N) is 1. The number of nitrogen functional groups attached to an aromatic ring is 1. The quantitative estimate of drug-likeness (QED) is 0.664. The molecule has 4 N–H and O–H groups in total. The maximum Gasteiger partial charge on any atom is 0.240 e. The molecule has 19 heavy (non-hydrogen) atoms. The van der Waals surface area contributed by atoms with E-state index in [0.29, 0.717) is 11.4 Å². The molecule has 1 rings (SSSR count). The first-order valence-corrected chi connectivity index (χ1v) is 7.24. The van der Waals surface area contributed by atoms with Gasteiger partial charge in [-0.05, 0) is 12.1 Å². The molecule has 0 atom stereocenters. The number of ether oxygens (including phenoxy) is 1. The molecular weight excluding hydrogens is 268 g/mol. The third-order valence-electron chi connectivity index (χ3n) is 2.68. The van der Waals surface area contributed by atoms with Gasteiger partial charge in [-0.25, -0.2) is 13.1 Å². The van der Waals surface area contributed by atoms with E-state index < -0.39 is 15.4 Å². The van der Waals surface area contributed by atoms with Crippen LogP contribution in [-0.2, 0) is 10.0 Å². The normalized spacial score (nSPS) is 12.4. The summed E-state index contributed by atoms with van der Waals surface area (Å²) in [6, 6.07) is 4.25. The van der Waals surface area contributed by atoms with Crippen molar-refractivity contribution in [3.05, 3.63) is 18.2 Å². The summed E-state index contributed by atoms with van der Waals surface area (Å²) in [7, 11) is -2.23. The monoisotopic (exact) mass is 288 g/mol. The highest BCUT2D eigenvalue weighted by Crippen LogP contribution is 2.25. The Morgan fingerprint density at radius 2 is 2.05 bits per heavy atom. The number of sulfonamides is 1. The minimum absolute atomic E-state index is 0.0762. The Balaban J connectivity index is 2.95. The minimum atomic E-state index is -3.65. The van der Waals surface area contributed by atoms with Gasteiger partial charge >= 0.3 is 0 Å². The average Bonchev–Trinajstić information content (AvgIpc) is 2.37. The van der Waals surface area contributed by atoms with Crippen molar-refractivity contribution in [1.82, 2.24) is 4.72 Å². The standard InChI is InChI=1S/C12H20N2O4S/c1-12(2,8-15)7-14-19(16,17)9-4-5-10(13)11(6-9)18-3/h4-6,14-15H,7-8,13H2,1-3H3. The van der Waals surface area contributed by atoms with Gasteiger partial charge in [-0.2, -0.15) is 0 Å². The van der Waals surface area contributed by atoms with Gasteiger partial charge in [0.1, 0.15) is 5.75 Å². The molecule has 0 aliphatic rings. The Hall–Kier alpha value is -1.31. The summed E-state index contributed by atoms with van der Waals surface area (Å²) in [5.41, 5.74) is 5.48. The maximum absolute atomic E-state index is 12.1. The maximum atomic E-state index is 12.1. The molecule has 0 radical (unpaired) electrons. The fourth-order valence-electron chi connectivity index (χ4n) is 1.29. The summed E-state index contributed by atoms with van der Waals surface area (Å²) in [6.45, 7) is 3.55. The van der Waals surface area contributed by atoms with Crippen LogP contribution in [0.15, 0.2) is 23.1 Å². The van der Waals surface area contributed by atoms with Crippen LogP contribution in [0.4, 0.5) is 5.69 Å². The lowest BCUT2D eigenvalue weighted by molar-refractivity contribution is 0.163. The van der Waals surface area contributed by atoms with Crippen molar-refractivity contribution in [2.75, 3.05) is 26.0 Å². The van der Waals surface area contributed by atoms with Crippen LogP contribution in [-0.4, -0.2) is 33.8 Å². The molecule has 0 saturated heterocycles. The predicted molar refractivity (Wildman–Crippen MR) is 73.5 cm³/mol. The first-order valence-electron chi connectivity index (χ1n) is 5.76. The molecule has 7 heteroatoms. The number of rotatable bonds is 6.